The highest BCUT2D eigenvalue weighted by atomic mass is 16.7. The molecule has 144 valence electrons. The summed E-state index contributed by atoms with van der Waals surface area (Å²) in [5.41, 5.74) is 8.84. The first-order valence-corrected chi connectivity index (χ1v) is 7.50. The zero-order valence-corrected chi connectivity index (χ0v) is 14.6. The number of esters is 4. The number of carbonyl (C=O) groups excluding carboxylic acids is 4. The van der Waals surface area contributed by atoms with Gasteiger partial charge in [0.1, 0.15) is 24.9 Å². The molecule has 12 heteroatoms. The molecule has 0 saturated carbocycles. The summed E-state index contributed by atoms with van der Waals surface area (Å²) in [6.45, 7) is 4.06. The second-order valence-corrected chi connectivity index (χ2v) is 5.30. The normalized spacial score (nSPS) is 27.5. The van der Waals surface area contributed by atoms with Gasteiger partial charge in [-0.2, -0.15) is 0 Å². The molecule has 3 unspecified atom stereocenters. The average Bonchev–Trinajstić information content (AvgIpc) is 2.50. The lowest BCUT2D eigenvalue weighted by Crippen LogP contribution is -2.61. The lowest BCUT2D eigenvalue weighted by Gasteiger charge is -2.42. The highest BCUT2D eigenvalue weighted by Crippen LogP contribution is 2.29. The van der Waals surface area contributed by atoms with E-state index in [-0.39, 0.29) is 6.61 Å². The number of ether oxygens (including phenoxy) is 5. The van der Waals surface area contributed by atoms with Gasteiger partial charge in [-0.15, -0.1) is 0 Å². The van der Waals surface area contributed by atoms with E-state index in [4.69, 9.17) is 29.2 Å². The Morgan fingerprint density at radius 1 is 0.923 bits per heavy atom. The number of rotatable bonds is 6. The SMILES string of the molecule is CC(=O)OCC1O[C@@H](OC(C)=O)C(OC(C)=O)C(N=[N+]=[N-])[C@H]1OC(C)=O. The van der Waals surface area contributed by atoms with Crippen molar-refractivity contribution >= 4 is 23.9 Å². The minimum Gasteiger partial charge on any atom is -0.463 e. The van der Waals surface area contributed by atoms with Crippen LogP contribution in [0.25, 0.3) is 10.4 Å². The molecule has 0 N–H and O–H groups in total. The molecule has 0 spiro atoms. The number of azide groups is 1. The molecule has 1 rings (SSSR count). The van der Waals surface area contributed by atoms with Crippen molar-refractivity contribution in [2.75, 3.05) is 6.61 Å². The van der Waals surface area contributed by atoms with Crippen molar-refractivity contribution in [1.29, 1.82) is 0 Å². The molecular formula is C14H19N3O9. The van der Waals surface area contributed by atoms with Gasteiger partial charge in [-0.1, -0.05) is 5.11 Å². The molecule has 1 aliphatic heterocycles. The van der Waals surface area contributed by atoms with Crippen molar-refractivity contribution in [3.63, 3.8) is 0 Å². The van der Waals surface area contributed by atoms with Gasteiger partial charge in [0.2, 0.25) is 6.29 Å². The van der Waals surface area contributed by atoms with E-state index < -0.39 is 54.5 Å². The zero-order chi connectivity index (χ0) is 19.9. The summed E-state index contributed by atoms with van der Waals surface area (Å²) >= 11 is 0. The summed E-state index contributed by atoms with van der Waals surface area (Å²) in [5, 5.41) is 3.50. The van der Waals surface area contributed by atoms with E-state index in [1.165, 1.54) is 0 Å². The fraction of sp³-hybridized carbons (Fsp3) is 0.714. The predicted octanol–water partition coefficient (Wildman–Crippen LogP) is 0.380. The van der Waals surface area contributed by atoms with Crippen molar-refractivity contribution in [1.82, 2.24) is 0 Å². The van der Waals surface area contributed by atoms with Crippen LogP contribution in [0.5, 0.6) is 0 Å². The first-order chi connectivity index (χ1) is 12.1. The average molecular weight is 373 g/mol. The summed E-state index contributed by atoms with van der Waals surface area (Å²) in [6.07, 6.45) is -5.21. The van der Waals surface area contributed by atoms with Crippen LogP contribution >= 0.6 is 0 Å². The molecule has 0 bridgehead atoms. The first kappa shape index (κ1) is 21.2. The summed E-state index contributed by atoms with van der Waals surface area (Å²) in [4.78, 5) is 47.9. The van der Waals surface area contributed by atoms with Crippen LogP contribution in [0.2, 0.25) is 0 Å². The molecule has 1 heterocycles. The van der Waals surface area contributed by atoms with Crippen molar-refractivity contribution in [2.45, 2.75) is 58.3 Å². The molecule has 1 aliphatic rings. The van der Waals surface area contributed by atoms with Crippen LogP contribution in [-0.4, -0.2) is 61.1 Å². The topological polar surface area (TPSA) is 163 Å². The van der Waals surface area contributed by atoms with Crippen LogP contribution in [0, 0.1) is 0 Å². The number of nitrogens with zero attached hydrogens (tertiary/aromatic N) is 3. The molecule has 0 aromatic heterocycles. The Morgan fingerprint density at radius 2 is 1.46 bits per heavy atom. The largest absolute Gasteiger partial charge is 0.463 e. The monoisotopic (exact) mass is 373 g/mol. The van der Waals surface area contributed by atoms with Gasteiger partial charge in [-0.25, -0.2) is 0 Å². The molecule has 12 nitrogen and oxygen atoms in total. The Labute approximate surface area is 148 Å². The zero-order valence-electron chi connectivity index (χ0n) is 14.6. The third kappa shape index (κ3) is 6.22. The van der Waals surface area contributed by atoms with Gasteiger partial charge in [0.05, 0.1) is 0 Å². The molecule has 5 atom stereocenters. The van der Waals surface area contributed by atoms with E-state index in [1.54, 1.807) is 0 Å². The fourth-order valence-corrected chi connectivity index (χ4v) is 2.33. The van der Waals surface area contributed by atoms with E-state index in [9.17, 15) is 19.2 Å². The highest BCUT2D eigenvalue weighted by Gasteiger charge is 2.51. The Bertz CT molecular complexity index is 617. The van der Waals surface area contributed by atoms with E-state index in [2.05, 4.69) is 10.0 Å². The summed E-state index contributed by atoms with van der Waals surface area (Å²) < 4.78 is 25.5. The number of carbonyl (C=O) groups is 4. The first-order valence-electron chi connectivity index (χ1n) is 7.50. The molecule has 1 fully saturated rings. The smallest absolute Gasteiger partial charge is 0.305 e. The van der Waals surface area contributed by atoms with Crippen LogP contribution in [0.4, 0.5) is 0 Å². The molecule has 0 aliphatic carbocycles. The third-order valence-corrected chi connectivity index (χ3v) is 3.14. The Morgan fingerprint density at radius 3 is 1.92 bits per heavy atom. The molecule has 0 aromatic carbocycles. The Balaban J connectivity index is 3.27. The van der Waals surface area contributed by atoms with Gasteiger partial charge >= 0.3 is 23.9 Å². The quantitative estimate of drug-likeness (QED) is 0.210. The molecule has 26 heavy (non-hydrogen) atoms. The fourth-order valence-electron chi connectivity index (χ4n) is 2.33. The van der Waals surface area contributed by atoms with Crippen LogP contribution in [-0.2, 0) is 42.9 Å². The lowest BCUT2D eigenvalue weighted by atomic mass is 9.96. The Hall–Kier alpha value is -2.85. The van der Waals surface area contributed by atoms with E-state index in [0.717, 1.165) is 27.7 Å². The Kier molecular flexibility index (Phi) is 7.81. The van der Waals surface area contributed by atoms with Gasteiger partial charge in [-0.05, 0) is 5.53 Å². The summed E-state index contributed by atoms with van der Waals surface area (Å²) in [7, 11) is 0. The summed E-state index contributed by atoms with van der Waals surface area (Å²) in [5.74, 6) is -2.91. The molecule has 0 amide bonds. The predicted molar refractivity (Wildman–Crippen MR) is 81.1 cm³/mol. The second-order valence-electron chi connectivity index (χ2n) is 5.30. The maximum absolute atomic E-state index is 11.4. The van der Waals surface area contributed by atoms with Crippen molar-refractivity contribution in [3.05, 3.63) is 10.4 Å². The van der Waals surface area contributed by atoms with Crippen molar-refractivity contribution < 1.29 is 42.9 Å². The molecule has 0 radical (unpaired) electrons. The number of hydrogen-bond donors (Lipinski definition) is 0. The second kappa shape index (κ2) is 9.59. The lowest BCUT2D eigenvalue weighted by molar-refractivity contribution is -0.275. The summed E-state index contributed by atoms with van der Waals surface area (Å²) in [6, 6.07) is -1.29. The maximum Gasteiger partial charge on any atom is 0.305 e. The minimum absolute atomic E-state index is 0.380. The van der Waals surface area contributed by atoms with Crippen molar-refractivity contribution in [3.8, 4) is 0 Å². The number of hydrogen-bond acceptors (Lipinski definition) is 10. The van der Waals surface area contributed by atoms with Crippen LogP contribution in [0.3, 0.4) is 0 Å². The van der Waals surface area contributed by atoms with Gasteiger partial charge in [0.25, 0.3) is 0 Å². The van der Waals surface area contributed by atoms with Crippen LogP contribution < -0.4 is 0 Å². The van der Waals surface area contributed by atoms with Crippen LogP contribution in [0.15, 0.2) is 5.11 Å². The van der Waals surface area contributed by atoms with Gasteiger partial charge < -0.3 is 23.7 Å². The van der Waals surface area contributed by atoms with Gasteiger partial charge in [-0.3, -0.25) is 19.2 Å². The van der Waals surface area contributed by atoms with Gasteiger partial charge in [0, 0.05) is 32.6 Å². The van der Waals surface area contributed by atoms with Crippen molar-refractivity contribution in [2.24, 2.45) is 5.11 Å². The van der Waals surface area contributed by atoms with Crippen LogP contribution in [0.1, 0.15) is 27.7 Å². The van der Waals surface area contributed by atoms with Gasteiger partial charge in [0.15, 0.2) is 6.10 Å². The minimum atomic E-state index is -1.46. The third-order valence-electron chi connectivity index (χ3n) is 3.14. The highest BCUT2D eigenvalue weighted by molar-refractivity contribution is 5.68. The van der Waals surface area contributed by atoms with E-state index in [0.29, 0.717) is 0 Å². The standard InChI is InChI=1S/C14H19N3O9/c1-6(18)22-5-10-12(23-7(2)19)11(16-17-15)13(24-8(3)20)14(26-10)25-9(4)21/h10-14H,5H2,1-4H3/t10?,11?,12-,13?,14+/m0/s1. The molecule has 1 saturated heterocycles. The maximum atomic E-state index is 11.4. The molecule has 0 aromatic rings. The molecular weight excluding hydrogens is 354 g/mol. The van der Waals surface area contributed by atoms with E-state index in [1.807, 2.05) is 0 Å². The van der Waals surface area contributed by atoms with E-state index >= 15 is 0 Å².